The van der Waals surface area contributed by atoms with Crippen molar-refractivity contribution in [1.82, 2.24) is 0 Å². The van der Waals surface area contributed by atoms with Crippen molar-refractivity contribution in [2.24, 2.45) is 11.8 Å². The maximum absolute atomic E-state index is 10.5. The Kier molecular flexibility index (Phi) is 4.82. The van der Waals surface area contributed by atoms with Gasteiger partial charge in [-0.2, -0.15) is 0 Å². The first-order valence-corrected chi connectivity index (χ1v) is 7.44. The van der Waals surface area contributed by atoms with E-state index in [9.17, 15) is 5.11 Å². The molecule has 100 valence electrons. The van der Waals surface area contributed by atoms with Gasteiger partial charge in [0.15, 0.2) is 0 Å². The Balaban J connectivity index is 1.99. The van der Waals surface area contributed by atoms with Crippen LogP contribution >= 0.6 is 0 Å². The van der Waals surface area contributed by atoms with Crippen LogP contribution in [0.25, 0.3) is 0 Å². The summed E-state index contributed by atoms with van der Waals surface area (Å²) < 4.78 is 0. The molecule has 0 heterocycles. The van der Waals surface area contributed by atoms with E-state index >= 15 is 0 Å². The van der Waals surface area contributed by atoms with Crippen LogP contribution in [0.4, 0.5) is 0 Å². The first kappa shape index (κ1) is 13.6. The molecule has 18 heavy (non-hydrogen) atoms. The second-order valence-electron chi connectivity index (χ2n) is 5.88. The van der Waals surface area contributed by atoms with Gasteiger partial charge in [-0.05, 0) is 37.2 Å². The van der Waals surface area contributed by atoms with E-state index in [1.165, 1.54) is 43.2 Å². The van der Waals surface area contributed by atoms with Crippen molar-refractivity contribution < 1.29 is 5.11 Å². The fourth-order valence-corrected chi connectivity index (χ4v) is 3.48. The molecule has 0 radical (unpaired) electrons. The highest BCUT2D eigenvalue weighted by Gasteiger charge is 2.29. The predicted octanol–water partition coefficient (Wildman–Crippen LogP) is 4.11. The van der Waals surface area contributed by atoms with Gasteiger partial charge in [0.05, 0.1) is 6.10 Å². The molecule has 0 bridgehead atoms. The number of aliphatic hydroxyl groups is 1. The fourth-order valence-electron chi connectivity index (χ4n) is 3.48. The van der Waals surface area contributed by atoms with Crippen LogP contribution in [0.2, 0.25) is 0 Å². The van der Waals surface area contributed by atoms with Gasteiger partial charge in [0, 0.05) is 0 Å². The third kappa shape index (κ3) is 3.35. The monoisotopic (exact) mass is 246 g/mol. The van der Waals surface area contributed by atoms with Crippen LogP contribution in [0.1, 0.15) is 50.2 Å². The molecule has 1 fully saturated rings. The van der Waals surface area contributed by atoms with Gasteiger partial charge in [-0.15, -0.1) is 0 Å². The number of aliphatic hydroxyl groups excluding tert-OH is 1. The average molecular weight is 246 g/mol. The third-order valence-electron chi connectivity index (χ3n) is 4.51. The van der Waals surface area contributed by atoms with Gasteiger partial charge in [-0.3, -0.25) is 0 Å². The van der Waals surface area contributed by atoms with Crippen LogP contribution < -0.4 is 0 Å². The van der Waals surface area contributed by atoms with Gasteiger partial charge < -0.3 is 5.11 Å². The molecule has 1 nitrogen and oxygen atoms in total. The number of hydrogen-bond acceptors (Lipinski definition) is 1. The molecule has 1 aliphatic carbocycles. The topological polar surface area (TPSA) is 20.2 Å². The fraction of sp³-hybridized carbons (Fsp3) is 0.647. The van der Waals surface area contributed by atoms with Gasteiger partial charge in [-0.1, -0.05) is 62.4 Å². The van der Waals surface area contributed by atoms with Gasteiger partial charge in [0.25, 0.3) is 0 Å². The highest BCUT2D eigenvalue weighted by atomic mass is 16.3. The van der Waals surface area contributed by atoms with E-state index in [1.807, 2.05) is 0 Å². The van der Waals surface area contributed by atoms with Crippen molar-refractivity contribution >= 4 is 0 Å². The van der Waals surface area contributed by atoms with Crippen molar-refractivity contribution in [3.63, 3.8) is 0 Å². The molecule has 1 saturated carbocycles. The average Bonchev–Trinajstić information content (AvgIpc) is 2.38. The van der Waals surface area contributed by atoms with Gasteiger partial charge in [0.2, 0.25) is 0 Å². The maximum Gasteiger partial charge on any atom is 0.0611 e. The van der Waals surface area contributed by atoms with Crippen LogP contribution in [0, 0.1) is 18.8 Å². The quantitative estimate of drug-likeness (QED) is 0.847. The van der Waals surface area contributed by atoms with Crippen molar-refractivity contribution in [2.75, 3.05) is 0 Å². The second kappa shape index (κ2) is 6.38. The molecular formula is C17H26O. The van der Waals surface area contributed by atoms with Crippen molar-refractivity contribution in [2.45, 2.75) is 58.5 Å². The van der Waals surface area contributed by atoms with Gasteiger partial charge in [0.1, 0.15) is 0 Å². The lowest BCUT2D eigenvalue weighted by molar-refractivity contribution is 0.0464. The van der Waals surface area contributed by atoms with Crippen LogP contribution in [-0.2, 0) is 6.42 Å². The van der Waals surface area contributed by atoms with E-state index in [0.717, 1.165) is 12.3 Å². The predicted molar refractivity (Wildman–Crippen MR) is 76.6 cm³/mol. The van der Waals surface area contributed by atoms with E-state index in [0.29, 0.717) is 5.92 Å². The number of hydrogen-bond donors (Lipinski definition) is 1. The minimum absolute atomic E-state index is 0.156. The highest BCUT2D eigenvalue weighted by Crippen LogP contribution is 2.35. The zero-order chi connectivity index (χ0) is 13.0. The molecule has 0 spiro atoms. The van der Waals surface area contributed by atoms with Crippen molar-refractivity contribution in [3.8, 4) is 0 Å². The van der Waals surface area contributed by atoms with E-state index in [-0.39, 0.29) is 6.10 Å². The summed E-state index contributed by atoms with van der Waals surface area (Å²) in [6.45, 7) is 4.38. The van der Waals surface area contributed by atoms with E-state index in [2.05, 4.69) is 38.1 Å². The molecule has 1 N–H and O–H groups in total. The Hall–Kier alpha value is -0.820. The third-order valence-corrected chi connectivity index (χ3v) is 4.51. The zero-order valence-corrected chi connectivity index (χ0v) is 11.7. The first-order valence-electron chi connectivity index (χ1n) is 7.44. The van der Waals surface area contributed by atoms with Crippen LogP contribution in [-0.4, -0.2) is 11.2 Å². The molecule has 0 aliphatic heterocycles. The Labute approximate surface area is 111 Å². The first-order chi connectivity index (χ1) is 8.70. The minimum atomic E-state index is -0.156. The molecule has 1 aromatic carbocycles. The molecule has 0 saturated heterocycles. The molecule has 2 rings (SSSR count). The Bertz CT molecular complexity index is 372. The molecule has 0 amide bonds. The molecule has 3 atom stereocenters. The number of rotatable bonds is 4. The summed E-state index contributed by atoms with van der Waals surface area (Å²) in [6, 6.07) is 8.55. The van der Waals surface area contributed by atoms with Crippen LogP contribution in [0.3, 0.4) is 0 Å². The highest BCUT2D eigenvalue weighted by molar-refractivity contribution is 5.22. The summed E-state index contributed by atoms with van der Waals surface area (Å²) in [4.78, 5) is 0. The Morgan fingerprint density at radius 3 is 2.78 bits per heavy atom. The normalized spacial score (nSPS) is 25.9. The molecule has 1 aliphatic rings. The Morgan fingerprint density at radius 1 is 1.28 bits per heavy atom. The van der Waals surface area contributed by atoms with Crippen molar-refractivity contribution in [3.05, 3.63) is 35.4 Å². The standard InChI is InChI=1S/C17H26O/c1-3-15-9-4-5-10-16(15)17(18)12-14-8-6-7-13(2)11-14/h6-8,11,15-18H,3-5,9-10,12H2,1-2H3. The van der Waals surface area contributed by atoms with Crippen LogP contribution in [0.15, 0.2) is 24.3 Å². The molecule has 1 aromatic rings. The molecular weight excluding hydrogens is 220 g/mol. The minimum Gasteiger partial charge on any atom is -0.392 e. The van der Waals surface area contributed by atoms with E-state index < -0.39 is 0 Å². The summed E-state index contributed by atoms with van der Waals surface area (Å²) in [5, 5.41) is 10.5. The SMILES string of the molecule is CCC1CCCCC1C(O)Cc1cccc(C)c1. The summed E-state index contributed by atoms with van der Waals surface area (Å²) in [7, 11) is 0. The lowest BCUT2D eigenvalue weighted by Crippen LogP contribution is -2.32. The summed E-state index contributed by atoms with van der Waals surface area (Å²) in [5.74, 6) is 1.25. The smallest absolute Gasteiger partial charge is 0.0611 e. The van der Waals surface area contributed by atoms with E-state index in [1.54, 1.807) is 0 Å². The van der Waals surface area contributed by atoms with Crippen molar-refractivity contribution in [1.29, 1.82) is 0 Å². The largest absolute Gasteiger partial charge is 0.392 e. The van der Waals surface area contributed by atoms with Gasteiger partial charge in [-0.25, -0.2) is 0 Å². The molecule has 0 aromatic heterocycles. The number of benzene rings is 1. The molecule has 1 heteroatoms. The zero-order valence-electron chi connectivity index (χ0n) is 11.7. The maximum atomic E-state index is 10.5. The van der Waals surface area contributed by atoms with E-state index in [4.69, 9.17) is 0 Å². The lowest BCUT2D eigenvalue weighted by atomic mass is 9.74. The molecule has 3 unspecified atom stereocenters. The second-order valence-corrected chi connectivity index (χ2v) is 5.88. The summed E-state index contributed by atoms with van der Waals surface area (Å²) in [5.41, 5.74) is 2.57. The van der Waals surface area contributed by atoms with Crippen LogP contribution in [0.5, 0.6) is 0 Å². The summed E-state index contributed by atoms with van der Waals surface area (Å²) in [6.07, 6.45) is 7.06. The van der Waals surface area contributed by atoms with Gasteiger partial charge >= 0.3 is 0 Å². The summed E-state index contributed by atoms with van der Waals surface area (Å²) >= 11 is 0. The number of aryl methyl sites for hydroxylation is 1. The lowest BCUT2D eigenvalue weighted by Gasteiger charge is -2.34. The Morgan fingerprint density at radius 2 is 2.06 bits per heavy atom.